The highest BCUT2D eigenvalue weighted by Gasteiger charge is 2.08. The van der Waals surface area contributed by atoms with E-state index in [1.807, 2.05) is 18.2 Å². The fraction of sp³-hybridized carbons (Fsp3) is 0.0909. The molecule has 1 heterocycles. The lowest BCUT2D eigenvalue weighted by Crippen LogP contribution is -2.20. The third-order valence-corrected chi connectivity index (χ3v) is 2.26. The molecule has 2 rings (SSSR count). The minimum atomic E-state index is -0.335. The van der Waals surface area contributed by atoms with Gasteiger partial charge in [-0.05, 0) is 12.1 Å². The molecule has 0 atom stereocenters. The van der Waals surface area contributed by atoms with Crippen molar-refractivity contribution in [1.82, 2.24) is 9.55 Å². The van der Waals surface area contributed by atoms with Gasteiger partial charge in [-0.3, -0.25) is 9.36 Å². The second-order valence-electron chi connectivity index (χ2n) is 3.08. The average molecular weight is 237 g/mol. The molecule has 1 aromatic carbocycles. The van der Waals surface area contributed by atoms with Gasteiger partial charge in [-0.2, -0.15) is 4.98 Å². The molecular formula is C11H9ClN2O2. The zero-order valence-electron chi connectivity index (χ0n) is 8.55. The van der Waals surface area contributed by atoms with Crippen molar-refractivity contribution in [2.75, 3.05) is 7.11 Å². The van der Waals surface area contributed by atoms with Crippen LogP contribution in [0.4, 0.5) is 0 Å². The first-order valence-electron chi connectivity index (χ1n) is 4.61. The highest BCUT2D eigenvalue weighted by molar-refractivity contribution is 6.29. The Bertz CT molecular complexity index is 552. The van der Waals surface area contributed by atoms with Crippen LogP contribution in [-0.4, -0.2) is 16.7 Å². The van der Waals surface area contributed by atoms with Gasteiger partial charge in [0.1, 0.15) is 5.15 Å². The molecule has 0 N–H and O–H groups in total. The molecule has 0 bridgehead atoms. The summed E-state index contributed by atoms with van der Waals surface area (Å²) in [4.78, 5) is 15.7. The van der Waals surface area contributed by atoms with Crippen molar-refractivity contribution in [3.8, 4) is 11.6 Å². The van der Waals surface area contributed by atoms with Crippen molar-refractivity contribution in [3.63, 3.8) is 0 Å². The van der Waals surface area contributed by atoms with E-state index in [-0.39, 0.29) is 16.6 Å². The van der Waals surface area contributed by atoms with Gasteiger partial charge < -0.3 is 4.74 Å². The minimum absolute atomic E-state index is 0.0173. The van der Waals surface area contributed by atoms with E-state index in [9.17, 15) is 4.79 Å². The van der Waals surface area contributed by atoms with Gasteiger partial charge in [0.2, 0.25) is 0 Å². The summed E-state index contributed by atoms with van der Waals surface area (Å²) in [5, 5.41) is 0.209. The first-order chi connectivity index (χ1) is 7.72. The van der Waals surface area contributed by atoms with Crippen LogP contribution in [0.25, 0.3) is 5.69 Å². The molecule has 1 aromatic heterocycles. The lowest BCUT2D eigenvalue weighted by molar-refractivity contribution is 0.388. The van der Waals surface area contributed by atoms with Crippen molar-refractivity contribution in [1.29, 1.82) is 0 Å². The maximum absolute atomic E-state index is 11.9. The molecule has 2 aromatic rings. The molecule has 0 radical (unpaired) electrons. The Kier molecular flexibility index (Phi) is 2.92. The van der Waals surface area contributed by atoms with Crippen LogP contribution in [0, 0.1) is 0 Å². The molecule has 0 amide bonds. The van der Waals surface area contributed by atoms with E-state index in [1.54, 1.807) is 12.1 Å². The summed E-state index contributed by atoms with van der Waals surface area (Å²) in [7, 11) is 1.38. The van der Waals surface area contributed by atoms with E-state index in [0.29, 0.717) is 0 Å². The van der Waals surface area contributed by atoms with Crippen molar-refractivity contribution in [2.45, 2.75) is 0 Å². The summed E-state index contributed by atoms with van der Waals surface area (Å²) >= 11 is 5.80. The third-order valence-electron chi connectivity index (χ3n) is 2.07. The van der Waals surface area contributed by atoms with Crippen molar-refractivity contribution < 1.29 is 4.74 Å². The van der Waals surface area contributed by atoms with Crippen molar-refractivity contribution in [2.24, 2.45) is 0 Å². The molecule has 0 aliphatic carbocycles. The van der Waals surface area contributed by atoms with Crippen LogP contribution >= 0.6 is 11.6 Å². The predicted molar refractivity (Wildman–Crippen MR) is 61.4 cm³/mol. The van der Waals surface area contributed by atoms with Gasteiger partial charge in [0, 0.05) is 5.69 Å². The number of rotatable bonds is 2. The lowest BCUT2D eigenvalue weighted by atomic mass is 10.3. The number of aromatic nitrogens is 2. The standard InChI is InChI=1S/C11H9ClN2O2/c1-16-10-11(15)14(7-9(12)13-10)8-5-3-2-4-6-8/h2-7H,1H3. The third kappa shape index (κ3) is 1.92. The Hall–Kier alpha value is -1.81. The highest BCUT2D eigenvalue weighted by atomic mass is 35.5. The number of methoxy groups -OCH3 is 1. The van der Waals surface area contributed by atoms with Crippen LogP contribution in [-0.2, 0) is 0 Å². The normalized spacial score (nSPS) is 10.1. The summed E-state index contributed by atoms with van der Waals surface area (Å²) in [5.74, 6) is -0.0173. The molecule has 16 heavy (non-hydrogen) atoms. The number of hydrogen-bond donors (Lipinski definition) is 0. The molecule has 0 fully saturated rings. The molecule has 5 heteroatoms. The van der Waals surface area contributed by atoms with Crippen molar-refractivity contribution >= 4 is 11.6 Å². The zero-order valence-corrected chi connectivity index (χ0v) is 9.31. The van der Waals surface area contributed by atoms with Crippen molar-refractivity contribution in [3.05, 3.63) is 52.0 Å². The Morgan fingerprint density at radius 3 is 2.62 bits per heavy atom. The van der Waals surface area contributed by atoms with Gasteiger partial charge in [0.25, 0.3) is 5.88 Å². The molecule has 4 nitrogen and oxygen atoms in total. The number of halogens is 1. The Morgan fingerprint density at radius 1 is 1.31 bits per heavy atom. The van der Waals surface area contributed by atoms with Crippen LogP contribution < -0.4 is 10.3 Å². The first kappa shape index (κ1) is 10.7. The molecule has 0 saturated heterocycles. The molecule has 0 unspecified atom stereocenters. The summed E-state index contributed by atoms with van der Waals surface area (Å²) < 4.78 is 6.26. The zero-order chi connectivity index (χ0) is 11.5. The molecule has 82 valence electrons. The fourth-order valence-electron chi connectivity index (χ4n) is 1.36. The Labute approximate surface area is 97.1 Å². The van der Waals surface area contributed by atoms with Crippen LogP contribution in [0.15, 0.2) is 41.3 Å². The number of benzene rings is 1. The fourth-order valence-corrected chi connectivity index (χ4v) is 1.53. The number of nitrogens with zero attached hydrogens (tertiary/aromatic N) is 2. The molecule has 0 aliphatic heterocycles. The summed E-state index contributed by atoms with van der Waals surface area (Å²) in [5.41, 5.74) is 0.383. The molecule has 0 spiro atoms. The second kappa shape index (κ2) is 4.37. The smallest absolute Gasteiger partial charge is 0.317 e. The van der Waals surface area contributed by atoms with Gasteiger partial charge in [0.15, 0.2) is 0 Å². The van der Waals surface area contributed by atoms with Crippen LogP contribution in [0.1, 0.15) is 0 Å². The van der Waals surface area contributed by atoms with E-state index < -0.39 is 0 Å². The summed E-state index contributed by atoms with van der Waals surface area (Å²) in [6.45, 7) is 0. The maximum Gasteiger partial charge on any atom is 0.317 e. The van der Waals surface area contributed by atoms with Crippen LogP contribution in [0.3, 0.4) is 0 Å². The van der Waals surface area contributed by atoms with Gasteiger partial charge >= 0.3 is 5.56 Å². The summed E-state index contributed by atoms with van der Waals surface area (Å²) in [6.07, 6.45) is 1.46. The van der Waals surface area contributed by atoms with Gasteiger partial charge in [-0.15, -0.1) is 0 Å². The number of hydrogen-bond acceptors (Lipinski definition) is 3. The maximum atomic E-state index is 11.9. The quantitative estimate of drug-likeness (QED) is 0.800. The van der Waals surface area contributed by atoms with Gasteiger partial charge in [-0.1, -0.05) is 29.8 Å². The van der Waals surface area contributed by atoms with E-state index in [4.69, 9.17) is 16.3 Å². The predicted octanol–water partition coefficient (Wildman–Crippen LogP) is 1.89. The SMILES string of the molecule is COc1nc(Cl)cn(-c2ccccc2)c1=O. The molecular weight excluding hydrogens is 228 g/mol. The number of ether oxygens (including phenoxy) is 1. The van der Waals surface area contributed by atoms with Gasteiger partial charge in [0.05, 0.1) is 13.3 Å². The van der Waals surface area contributed by atoms with E-state index in [1.165, 1.54) is 17.9 Å². The Balaban J connectivity index is 2.66. The summed E-state index contributed by atoms with van der Waals surface area (Å²) in [6, 6.07) is 9.15. The van der Waals surface area contributed by atoms with Crippen LogP contribution in [0.5, 0.6) is 5.88 Å². The molecule has 0 aliphatic rings. The highest BCUT2D eigenvalue weighted by Crippen LogP contribution is 2.11. The average Bonchev–Trinajstić information content (AvgIpc) is 2.33. The largest absolute Gasteiger partial charge is 0.477 e. The monoisotopic (exact) mass is 236 g/mol. The second-order valence-corrected chi connectivity index (χ2v) is 3.47. The lowest BCUT2D eigenvalue weighted by Gasteiger charge is -2.07. The van der Waals surface area contributed by atoms with Crippen LogP contribution in [0.2, 0.25) is 5.15 Å². The van der Waals surface area contributed by atoms with E-state index >= 15 is 0 Å². The van der Waals surface area contributed by atoms with E-state index in [2.05, 4.69) is 4.98 Å². The van der Waals surface area contributed by atoms with E-state index in [0.717, 1.165) is 5.69 Å². The molecule has 0 saturated carbocycles. The topological polar surface area (TPSA) is 44.1 Å². The van der Waals surface area contributed by atoms with Gasteiger partial charge in [-0.25, -0.2) is 0 Å². The Morgan fingerprint density at radius 2 is 2.00 bits per heavy atom. The number of para-hydroxylation sites is 1. The minimum Gasteiger partial charge on any atom is -0.477 e. The first-order valence-corrected chi connectivity index (χ1v) is 4.99.